The number of piperidine rings is 1. The van der Waals surface area contributed by atoms with Crippen LogP contribution < -0.4 is 4.74 Å². The lowest BCUT2D eigenvalue weighted by atomic mass is 9.64. The number of likely N-dealkylation sites (tertiary alicyclic amines) is 1. The first-order chi connectivity index (χ1) is 16.7. The lowest BCUT2D eigenvalue weighted by Gasteiger charge is -2.48. The number of phenolic OH excluding ortho intramolecular Hbond substituents is 1. The number of ether oxygens (including phenoxy) is 2. The zero-order chi connectivity index (χ0) is 25.0. The molecular formula is C29H38N2O4. The second-order valence-corrected chi connectivity index (χ2v) is 11.0. The molecule has 3 aliphatic rings. The molecular weight excluding hydrogens is 440 g/mol. The van der Waals surface area contributed by atoms with Gasteiger partial charge < -0.3 is 24.6 Å². The van der Waals surface area contributed by atoms with Crippen molar-refractivity contribution in [2.24, 2.45) is 5.92 Å². The summed E-state index contributed by atoms with van der Waals surface area (Å²) in [6.07, 6.45) is 6.81. The SMILES string of the molecule is C=C(C(OC)[C@@H]1Oc2c(O)ccc(C)c2[C@@]12CCN(CC1CC1)[C@H](C)C2)C(C)(O)c1ccncc1. The minimum absolute atomic E-state index is 0.155. The molecule has 2 unspecified atom stereocenters. The monoisotopic (exact) mass is 478 g/mol. The summed E-state index contributed by atoms with van der Waals surface area (Å²) < 4.78 is 12.7. The van der Waals surface area contributed by atoms with Crippen LogP contribution in [0.3, 0.4) is 0 Å². The van der Waals surface area contributed by atoms with Crippen LogP contribution in [0.25, 0.3) is 0 Å². The average molecular weight is 479 g/mol. The molecule has 1 aliphatic carbocycles. The number of nitrogens with zero attached hydrogens (tertiary/aromatic N) is 2. The molecule has 6 heteroatoms. The molecule has 1 saturated heterocycles. The molecule has 0 radical (unpaired) electrons. The van der Waals surface area contributed by atoms with Gasteiger partial charge in [0, 0.05) is 43.1 Å². The fraction of sp³-hybridized carbons (Fsp3) is 0.552. The predicted octanol–water partition coefficient (Wildman–Crippen LogP) is 4.47. The van der Waals surface area contributed by atoms with Gasteiger partial charge in [-0.25, -0.2) is 0 Å². The zero-order valence-corrected chi connectivity index (χ0v) is 21.3. The Morgan fingerprint density at radius 3 is 2.66 bits per heavy atom. The summed E-state index contributed by atoms with van der Waals surface area (Å²) in [6.45, 7) is 12.6. The number of aryl methyl sites for hydroxylation is 1. The van der Waals surface area contributed by atoms with Crippen molar-refractivity contribution in [1.29, 1.82) is 0 Å². The average Bonchev–Trinajstić information content (AvgIpc) is 3.61. The molecule has 5 atom stereocenters. The molecule has 1 spiro atoms. The summed E-state index contributed by atoms with van der Waals surface area (Å²) >= 11 is 0. The molecule has 2 fully saturated rings. The Bertz CT molecular complexity index is 1100. The molecule has 35 heavy (non-hydrogen) atoms. The topological polar surface area (TPSA) is 75.0 Å². The number of benzene rings is 1. The van der Waals surface area contributed by atoms with Crippen molar-refractivity contribution in [3.63, 3.8) is 0 Å². The summed E-state index contributed by atoms with van der Waals surface area (Å²) in [7, 11) is 1.65. The molecule has 188 valence electrons. The van der Waals surface area contributed by atoms with Crippen molar-refractivity contribution >= 4 is 0 Å². The number of phenols is 1. The maximum Gasteiger partial charge on any atom is 0.165 e. The van der Waals surface area contributed by atoms with Crippen LogP contribution >= 0.6 is 0 Å². The molecule has 2 aromatic rings. The summed E-state index contributed by atoms with van der Waals surface area (Å²) in [6, 6.07) is 7.65. The smallest absolute Gasteiger partial charge is 0.165 e. The Labute approximate surface area is 208 Å². The number of pyridine rings is 1. The van der Waals surface area contributed by atoms with Crippen molar-refractivity contribution < 1.29 is 19.7 Å². The number of rotatable bonds is 7. The molecule has 3 heterocycles. The van der Waals surface area contributed by atoms with Crippen LogP contribution in [-0.2, 0) is 15.8 Å². The predicted molar refractivity (Wildman–Crippen MR) is 136 cm³/mol. The van der Waals surface area contributed by atoms with Crippen LogP contribution in [0.2, 0.25) is 0 Å². The van der Waals surface area contributed by atoms with Crippen LogP contribution in [0.5, 0.6) is 11.5 Å². The van der Waals surface area contributed by atoms with Crippen molar-refractivity contribution in [2.75, 3.05) is 20.2 Å². The molecule has 1 aromatic heterocycles. The largest absolute Gasteiger partial charge is 0.504 e. The number of aliphatic hydroxyl groups is 1. The standard InChI is InChI=1S/C29H38N2O4/c1-18-6-9-23(32)26-24(18)29(12-15-31(19(2)16-29)17-21-7-8-21)27(35-26)25(34-5)20(3)28(4,33)22-10-13-30-14-11-22/h6,9-11,13-14,19,21,25,27,32-33H,3,7-8,12,15-17H2,1-2,4-5H3/t19-,25?,27+,28?,29+/m1/s1. The highest BCUT2D eigenvalue weighted by atomic mass is 16.5. The van der Waals surface area contributed by atoms with Crippen molar-refractivity contribution in [3.8, 4) is 11.5 Å². The number of hydrogen-bond acceptors (Lipinski definition) is 6. The van der Waals surface area contributed by atoms with E-state index in [1.54, 1.807) is 44.6 Å². The van der Waals surface area contributed by atoms with Gasteiger partial charge in [0.15, 0.2) is 11.5 Å². The van der Waals surface area contributed by atoms with Crippen molar-refractivity contribution in [1.82, 2.24) is 9.88 Å². The van der Waals surface area contributed by atoms with Gasteiger partial charge in [0.1, 0.15) is 17.8 Å². The second kappa shape index (κ2) is 8.91. The number of aromatic hydroxyl groups is 1. The summed E-state index contributed by atoms with van der Waals surface area (Å²) in [5, 5.41) is 22.4. The minimum Gasteiger partial charge on any atom is -0.504 e. The van der Waals surface area contributed by atoms with E-state index >= 15 is 0 Å². The molecule has 0 bridgehead atoms. The van der Waals surface area contributed by atoms with E-state index in [1.165, 1.54) is 12.8 Å². The van der Waals surface area contributed by atoms with E-state index < -0.39 is 17.8 Å². The van der Waals surface area contributed by atoms with Gasteiger partial charge in [-0.05, 0) is 93.8 Å². The van der Waals surface area contributed by atoms with E-state index in [0.29, 0.717) is 22.9 Å². The highest BCUT2D eigenvalue weighted by molar-refractivity contribution is 5.58. The van der Waals surface area contributed by atoms with E-state index in [0.717, 1.165) is 43.0 Å². The third kappa shape index (κ3) is 4.05. The molecule has 2 aliphatic heterocycles. The van der Waals surface area contributed by atoms with Crippen LogP contribution in [0.4, 0.5) is 0 Å². The van der Waals surface area contributed by atoms with Crippen molar-refractivity contribution in [3.05, 3.63) is 65.5 Å². The Balaban J connectivity index is 1.54. The Morgan fingerprint density at radius 2 is 2.03 bits per heavy atom. The molecule has 6 nitrogen and oxygen atoms in total. The van der Waals surface area contributed by atoms with Gasteiger partial charge in [0.2, 0.25) is 0 Å². The van der Waals surface area contributed by atoms with Crippen LogP contribution in [0.15, 0.2) is 48.8 Å². The van der Waals surface area contributed by atoms with Gasteiger partial charge in [-0.15, -0.1) is 0 Å². The van der Waals surface area contributed by atoms with E-state index in [-0.39, 0.29) is 11.2 Å². The molecule has 2 N–H and O–H groups in total. The molecule has 1 saturated carbocycles. The third-order valence-corrected chi connectivity index (χ3v) is 8.69. The highest BCUT2D eigenvalue weighted by Crippen LogP contribution is 2.57. The lowest BCUT2D eigenvalue weighted by Crippen LogP contribution is -2.57. The number of hydrogen-bond donors (Lipinski definition) is 2. The second-order valence-electron chi connectivity index (χ2n) is 11.0. The quantitative estimate of drug-likeness (QED) is 0.572. The summed E-state index contributed by atoms with van der Waals surface area (Å²) in [5.41, 5.74) is 1.75. The van der Waals surface area contributed by atoms with Gasteiger partial charge in [-0.1, -0.05) is 12.6 Å². The van der Waals surface area contributed by atoms with Gasteiger partial charge >= 0.3 is 0 Å². The first kappa shape index (κ1) is 24.3. The maximum absolute atomic E-state index is 11.6. The Morgan fingerprint density at radius 1 is 1.31 bits per heavy atom. The highest BCUT2D eigenvalue weighted by Gasteiger charge is 2.58. The summed E-state index contributed by atoms with van der Waals surface area (Å²) in [5.74, 6) is 1.54. The van der Waals surface area contributed by atoms with Gasteiger partial charge in [0.05, 0.1) is 0 Å². The van der Waals surface area contributed by atoms with Crippen molar-refractivity contribution in [2.45, 2.75) is 75.7 Å². The number of fused-ring (bicyclic) bond motifs is 2. The minimum atomic E-state index is -1.33. The first-order valence-corrected chi connectivity index (χ1v) is 12.8. The number of aromatic nitrogens is 1. The number of methoxy groups -OCH3 is 1. The first-order valence-electron chi connectivity index (χ1n) is 12.8. The summed E-state index contributed by atoms with van der Waals surface area (Å²) in [4.78, 5) is 6.70. The zero-order valence-electron chi connectivity index (χ0n) is 21.3. The van der Waals surface area contributed by atoms with E-state index in [2.05, 4.69) is 30.3 Å². The van der Waals surface area contributed by atoms with Crippen LogP contribution in [0, 0.1) is 12.8 Å². The Kier molecular flexibility index (Phi) is 6.19. The van der Waals surface area contributed by atoms with Crippen LogP contribution in [-0.4, -0.2) is 58.5 Å². The third-order valence-electron chi connectivity index (χ3n) is 8.69. The van der Waals surface area contributed by atoms with E-state index in [4.69, 9.17) is 9.47 Å². The fourth-order valence-electron chi connectivity index (χ4n) is 6.44. The lowest BCUT2D eigenvalue weighted by molar-refractivity contribution is -0.0495. The van der Waals surface area contributed by atoms with Crippen LogP contribution in [0.1, 0.15) is 56.2 Å². The van der Waals surface area contributed by atoms with Gasteiger partial charge in [-0.2, -0.15) is 0 Å². The molecule has 5 rings (SSSR count). The van der Waals surface area contributed by atoms with Gasteiger partial charge in [-0.3, -0.25) is 4.98 Å². The normalized spacial score (nSPS) is 28.8. The Hall–Kier alpha value is -2.41. The van der Waals surface area contributed by atoms with E-state index in [9.17, 15) is 10.2 Å². The van der Waals surface area contributed by atoms with Gasteiger partial charge in [0.25, 0.3) is 0 Å². The maximum atomic E-state index is 11.6. The fourth-order valence-corrected chi connectivity index (χ4v) is 6.44. The molecule has 0 amide bonds. The molecule has 1 aromatic carbocycles. The van der Waals surface area contributed by atoms with E-state index in [1.807, 2.05) is 6.07 Å².